The summed E-state index contributed by atoms with van der Waals surface area (Å²) < 4.78 is 15.6. The van der Waals surface area contributed by atoms with Crippen LogP contribution < -0.4 is 19.5 Å². The number of ether oxygens (including phenoxy) is 3. The molecule has 116 valence electrons. The first-order chi connectivity index (χ1) is 10.7. The predicted molar refractivity (Wildman–Crippen MR) is 81.6 cm³/mol. The van der Waals surface area contributed by atoms with Gasteiger partial charge < -0.3 is 19.5 Å². The number of pyridine rings is 1. The van der Waals surface area contributed by atoms with Crippen LogP contribution in [0.4, 0.5) is 0 Å². The Morgan fingerprint density at radius 2 is 1.82 bits per heavy atom. The maximum atomic E-state index is 11.9. The molecule has 22 heavy (non-hydrogen) atoms. The highest BCUT2D eigenvalue weighted by molar-refractivity contribution is 5.94. The van der Waals surface area contributed by atoms with Crippen LogP contribution in [0.1, 0.15) is 10.4 Å². The van der Waals surface area contributed by atoms with E-state index in [0.29, 0.717) is 24.6 Å². The molecule has 2 aromatic rings. The fraction of sp³-hybridized carbons (Fsp3) is 0.250. The van der Waals surface area contributed by atoms with Crippen LogP contribution in [0.3, 0.4) is 0 Å². The van der Waals surface area contributed by atoms with Crippen molar-refractivity contribution in [2.45, 2.75) is 0 Å². The van der Waals surface area contributed by atoms with E-state index in [4.69, 9.17) is 14.2 Å². The molecule has 1 aromatic carbocycles. The Morgan fingerprint density at radius 3 is 2.50 bits per heavy atom. The number of carbonyl (C=O) groups is 1. The standard InChI is InChI=1S/C16H18N2O4/c1-20-13-3-5-14(6-4-13)22-10-9-18-16(19)12-7-8-17-15(11-12)21-2/h3-8,11H,9-10H2,1-2H3,(H,18,19). The van der Waals surface area contributed by atoms with E-state index in [2.05, 4.69) is 10.3 Å². The molecule has 6 heteroatoms. The molecule has 2 rings (SSSR count). The van der Waals surface area contributed by atoms with Gasteiger partial charge in [-0.1, -0.05) is 0 Å². The molecule has 0 fully saturated rings. The molecular weight excluding hydrogens is 284 g/mol. The SMILES string of the molecule is COc1ccc(OCCNC(=O)c2ccnc(OC)c2)cc1. The average molecular weight is 302 g/mol. The minimum atomic E-state index is -0.195. The summed E-state index contributed by atoms with van der Waals surface area (Å²) in [5, 5.41) is 2.77. The molecule has 1 aromatic heterocycles. The molecule has 0 aliphatic rings. The maximum Gasteiger partial charge on any atom is 0.251 e. The zero-order valence-corrected chi connectivity index (χ0v) is 12.5. The van der Waals surface area contributed by atoms with Gasteiger partial charge in [0.05, 0.1) is 20.8 Å². The smallest absolute Gasteiger partial charge is 0.251 e. The molecule has 0 saturated carbocycles. The summed E-state index contributed by atoms with van der Waals surface area (Å²) in [5.41, 5.74) is 0.497. The summed E-state index contributed by atoms with van der Waals surface area (Å²) in [4.78, 5) is 15.9. The number of amides is 1. The third-order valence-corrected chi connectivity index (χ3v) is 2.92. The fourth-order valence-corrected chi connectivity index (χ4v) is 1.77. The van der Waals surface area contributed by atoms with Gasteiger partial charge in [0, 0.05) is 17.8 Å². The van der Waals surface area contributed by atoms with Crippen LogP contribution in [0.5, 0.6) is 17.4 Å². The van der Waals surface area contributed by atoms with E-state index in [-0.39, 0.29) is 5.91 Å². The monoisotopic (exact) mass is 302 g/mol. The number of hydrogen-bond acceptors (Lipinski definition) is 5. The van der Waals surface area contributed by atoms with Crippen molar-refractivity contribution in [3.05, 3.63) is 48.2 Å². The van der Waals surface area contributed by atoms with E-state index < -0.39 is 0 Å². The second-order valence-electron chi connectivity index (χ2n) is 4.37. The summed E-state index contributed by atoms with van der Waals surface area (Å²) in [6.45, 7) is 0.774. The zero-order chi connectivity index (χ0) is 15.8. The van der Waals surface area contributed by atoms with Crippen molar-refractivity contribution < 1.29 is 19.0 Å². The number of nitrogens with one attached hydrogen (secondary N) is 1. The third kappa shape index (κ3) is 4.37. The van der Waals surface area contributed by atoms with Crippen LogP contribution in [-0.2, 0) is 0 Å². The molecular formula is C16H18N2O4. The molecule has 0 aliphatic carbocycles. The lowest BCUT2D eigenvalue weighted by Gasteiger charge is -2.08. The van der Waals surface area contributed by atoms with E-state index in [9.17, 15) is 4.79 Å². The molecule has 1 N–H and O–H groups in total. The van der Waals surface area contributed by atoms with Gasteiger partial charge in [0.25, 0.3) is 5.91 Å². The normalized spacial score (nSPS) is 9.91. The second kappa shape index (κ2) is 7.87. The number of benzene rings is 1. The Morgan fingerprint density at radius 1 is 1.09 bits per heavy atom. The topological polar surface area (TPSA) is 69.7 Å². The van der Waals surface area contributed by atoms with Crippen molar-refractivity contribution in [1.29, 1.82) is 0 Å². The van der Waals surface area contributed by atoms with E-state index >= 15 is 0 Å². The lowest BCUT2D eigenvalue weighted by molar-refractivity contribution is 0.0946. The minimum absolute atomic E-state index is 0.195. The first kappa shape index (κ1) is 15.6. The van der Waals surface area contributed by atoms with Crippen LogP contribution in [-0.4, -0.2) is 38.3 Å². The number of hydrogen-bond donors (Lipinski definition) is 1. The Labute approximate surface area is 129 Å². The van der Waals surface area contributed by atoms with Crippen molar-refractivity contribution in [1.82, 2.24) is 10.3 Å². The number of aromatic nitrogens is 1. The largest absolute Gasteiger partial charge is 0.497 e. The first-order valence-corrected chi connectivity index (χ1v) is 6.78. The van der Waals surface area contributed by atoms with Crippen LogP contribution in [0.25, 0.3) is 0 Å². The average Bonchev–Trinajstić information content (AvgIpc) is 2.59. The molecule has 1 amide bonds. The highest BCUT2D eigenvalue weighted by Crippen LogP contribution is 2.16. The van der Waals surface area contributed by atoms with Crippen molar-refractivity contribution in [3.63, 3.8) is 0 Å². The molecule has 0 radical (unpaired) electrons. The lowest BCUT2D eigenvalue weighted by atomic mass is 10.2. The van der Waals surface area contributed by atoms with E-state index in [1.54, 1.807) is 19.2 Å². The summed E-state index contributed by atoms with van der Waals surface area (Å²) in [7, 11) is 3.12. The van der Waals surface area contributed by atoms with Crippen molar-refractivity contribution in [3.8, 4) is 17.4 Å². The number of methoxy groups -OCH3 is 2. The molecule has 0 aliphatic heterocycles. The quantitative estimate of drug-likeness (QED) is 0.791. The highest BCUT2D eigenvalue weighted by atomic mass is 16.5. The Kier molecular flexibility index (Phi) is 5.59. The van der Waals surface area contributed by atoms with Crippen LogP contribution in [0, 0.1) is 0 Å². The summed E-state index contributed by atoms with van der Waals surface area (Å²) in [6.07, 6.45) is 1.53. The van der Waals surface area contributed by atoms with E-state index in [0.717, 1.165) is 11.5 Å². The van der Waals surface area contributed by atoms with Gasteiger partial charge in [0.15, 0.2) is 0 Å². The van der Waals surface area contributed by atoms with Gasteiger partial charge in [0.1, 0.15) is 18.1 Å². The second-order valence-corrected chi connectivity index (χ2v) is 4.37. The van der Waals surface area contributed by atoms with Crippen molar-refractivity contribution >= 4 is 5.91 Å². The molecule has 1 heterocycles. The predicted octanol–water partition coefficient (Wildman–Crippen LogP) is 1.91. The first-order valence-electron chi connectivity index (χ1n) is 6.78. The summed E-state index contributed by atoms with van der Waals surface area (Å²) >= 11 is 0. The van der Waals surface area contributed by atoms with Crippen LogP contribution in [0.15, 0.2) is 42.6 Å². The van der Waals surface area contributed by atoms with Gasteiger partial charge in [0.2, 0.25) is 5.88 Å². The maximum absolute atomic E-state index is 11.9. The molecule has 0 saturated heterocycles. The third-order valence-electron chi connectivity index (χ3n) is 2.92. The summed E-state index contributed by atoms with van der Waals surface area (Å²) in [6, 6.07) is 10.5. The van der Waals surface area contributed by atoms with Gasteiger partial charge in [-0.2, -0.15) is 0 Å². The Balaban J connectivity index is 1.76. The molecule has 6 nitrogen and oxygen atoms in total. The molecule has 0 unspecified atom stereocenters. The Hall–Kier alpha value is -2.76. The van der Waals surface area contributed by atoms with Gasteiger partial charge in [-0.3, -0.25) is 4.79 Å². The number of nitrogens with zero attached hydrogens (tertiary/aromatic N) is 1. The highest BCUT2D eigenvalue weighted by Gasteiger charge is 2.06. The molecule has 0 atom stereocenters. The Bertz CT molecular complexity index is 614. The van der Waals surface area contributed by atoms with Gasteiger partial charge >= 0.3 is 0 Å². The van der Waals surface area contributed by atoms with E-state index in [1.165, 1.54) is 13.3 Å². The van der Waals surface area contributed by atoms with Crippen molar-refractivity contribution in [2.75, 3.05) is 27.4 Å². The fourth-order valence-electron chi connectivity index (χ4n) is 1.77. The number of rotatable bonds is 7. The van der Waals surface area contributed by atoms with Gasteiger partial charge in [-0.15, -0.1) is 0 Å². The summed E-state index contributed by atoms with van der Waals surface area (Å²) in [5.74, 6) is 1.70. The zero-order valence-electron chi connectivity index (χ0n) is 12.5. The molecule has 0 bridgehead atoms. The lowest BCUT2D eigenvalue weighted by Crippen LogP contribution is -2.28. The van der Waals surface area contributed by atoms with Gasteiger partial charge in [-0.05, 0) is 30.3 Å². The van der Waals surface area contributed by atoms with Crippen LogP contribution >= 0.6 is 0 Å². The van der Waals surface area contributed by atoms with Gasteiger partial charge in [-0.25, -0.2) is 4.98 Å². The van der Waals surface area contributed by atoms with Crippen LogP contribution in [0.2, 0.25) is 0 Å². The van der Waals surface area contributed by atoms with E-state index in [1.807, 2.05) is 24.3 Å². The molecule has 0 spiro atoms. The number of carbonyl (C=O) groups excluding carboxylic acids is 1. The minimum Gasteiger partial charge on any atom is -0.497 e. The van der Waals surface area contributed by atoms with Crippen molar-refractivity contribution in [2.24, 2.45) is 0 Å².